The summed E-state index contributed by atoms with van der Waals surface area (Å²) in [6.45, 7) is 0. The normalized spacial score (nSPS) is 11.0. The van der Waals surface area contributed by atoms with Crippen LogP contribution in [-0.2, 0) is 9.59 Å². The van der Waals surface area contributed by atoms with E-state index < -0.39 is 0 Å². The zero-order chi connectivity index (χ0) is 27.2. The van der Waals surface area contributed by atoms with Crippen LogP contribution in [0.3, 0.4) is 0 Å². The molecule has 4 aromatic carbocycles. The van der Waals surface area contributed by atoms with Gasteiger partial charge in [-0.2, -0.15) is 0 Å². The maximum Gasteiger partial charge on any atom is 0.234 e. The first-order valence-corrected chi connectivity index (χ1v) is 15.7. The topological polar surface area (TPSA) is 88.2 Å². The van der Waals surface area contributed by atoms with Gasteiger partial charge < -0.3 is 10.6 Å². The zero-order valence-corrected chi connectivity index (χ0v) is 24.5. The van der Waals surface area contributed by atoms with E-state index in [-0.39, 0.29) is 29.1 Å². The number of nitrogens with one attached hydrogen (secondary N) is 2. The minimum Gasteiger partial charge on any atom is -0.325 e. The summed E-state index contributed by atoms with van der Waals surface area (Å²) in [7, 11) is 0. The van der Waals surface area contributed by atoms with Crippen molar-refractivity contribution in [2.75, 3.05) is 27.9 Å². The number of fused-ring (bicyclic) bond motifs is 2. The Labute approximate surface area is 246 Å². The van der Waals surface area contributed by atoms with Gasteiger partial charge in [-0.1, -0.05) is 70.2 Å². The summed E-state index contributed by atoms with van der Waals surface area (Å²) in [6.07, 6.45) is 0. The number of aromatic nitrogens is 1. The van der Waals surface area contributed by atoms with Crippen molar-refractivity contribution in [1.29, 1.82) is 0 Å². The third-order valence-corrected chi connectivity index (χ3v) is 9.27. The number of hydrogen-bond donors (Lipinski definition) is 2. The number of thioether (sulfide) groups is 2. The van der Waals surface area contributed by atoms with Gasteiger partial charge in [0.2, 0.25) is 11.8 Å². The lowest BCUT2D eigenvalue weighted by Crippen LogP contribution is -2.18. The molecule has 0 saturated heterocycles. The van der Waals surface area contributed by atoms with Crippen LogP contribution in [0.25, 0.3) is 21.0 Å². The van der Waals surface area contributed by atoms with Gasteiger partial charge in [-0.05, 0) is 53.2 Å². The monoisotopic (exact) mass is 635 g/mol. The molecule has 1 heterocycles. The average Bonchev–Trinajstić information content (AvgIpc) is 3.34. The molecule has 0 spiro atoms. The number of anilines is 2. The molecular weight excluding hydrogens is 614 g/mol. The highest BCUT2D eigenvalue weighted by atomic mass is 79.9. The summed E-state index contributed by atoms with van der Waals surface area (Å²) >= 11 is 7.52. The van der Waals surface area contributed by atoms with E-state index in [1.807, 2.05) is 66.7 Å². The highest BCUT2D eigenvalue weighted by molar-refractivity contribution is 9.10. The van der Waals surface area contributed by atoms with E-state index in [2.05, 4.69) is 31.5 Å². The first kappa shape index (κ1) is 27.4. The predicted octanol–water partition coefficient (Wildman–Crippen LogP) is 7.50. The van der Waals surface area contributed by atoms with Crippen molar-refractivity contribution in [3.05, 3.63) is 95.0 Å². The number of carbonyl (C=O) groups is 3. The maximum absolute atomic E-state index is 12.5. The first-order chi connectivity index (χ1) is 18.9. The molecule has 0 saturated carbocycles. The number of hydrogen-bond acceptors (Lipinski definition) is 7. The fraction of sp³-hybridized carbons (Fsp3) is 0.103. The van der Waals surface area contributed by atoms with Gasteiger partial charge >= 0.3 is 0 Å². The second kappa shape index (κ2) is 12.8. The summed E-state index contributed by atoms with van der Waals surface area (Å²) in [5.74, 6) is 0.341. The van der Waals surface area contributed by atoms with E-state index in [0.717, 1.165) is 35.5 Å². The third kappa shape index (κ3) is 7.48. The molecule has 0 unspecified atom stereocenters. The molecule has 0 fully saturated rings. The number of rotatable bonds is 10. The Hall–Kier alpha value is -3.18. The smallest absolute Gasteiger partial charge is 0.234 e. The van der Waals surface area contributed by atoms with Crippen LogP contribution in [-0.4, -0.2) is 39.8 Å². The highest BCUT2D eigenvalue weighted by Crippen LogP contribution is 2.32. The van der Waals surface area contributed by atoms with Gasteiger partial charge in [0, 0.05) is 21.4 Å². The van der Waals surface area contributed by atoms with Crippen molar-refractivity contribution >= 4 is 101 Å². The van der Waals surface area contributed by atoms with Crippen molar-refractivity contribution in [1.82, 2.24) is 4.98 Å². The summed E-state index contributed by atoms with van der Waals surface area (Å²) in [4.78, 5) is 41.8. The van der Waals surface area contributed by atoms with Crippen LogP contribution >= 0.6 is 50.8 Å². The van der Waals surface area contributed by atoms with Crippen LogP contribution in [0.5, 0.6) is 0 Å². The molecule has 0 aliphatic carbocycles. The van der Waals surface area contributed by atoms with Crippen LogP contribution in [0.1, 0.15) is 10.4 Å². The van der Waals surface area contributed by atoms with Crippen LogP contribution < -0.4 is 10.6 Å². The lowest BCUT2D eigenvalue weighted by Gasteiger charge is -2.07. The zero-order valence-electron chi connectivity index (χ0n) is 20.5. The Morgan fingerprint density at radius 1 is 0.769 bits per heavy atom. The number of nitrogens with zero attached hydrogens (tertiary/aromatic N) is 1. The van der Waals surface area contributed by atoms with Crippen LogP contribution in [0, 0.1) is 0 Å². The second-order valence-corrected chi connectivity index (χ2v) is 12.7. The van der Waals surface area contributed by atoms with E-state index in [1.165, 1.54) is 34.9 Å². The molecule has 2 amide bonds. The molecule has 2 N–H and O–H groups in total. The second-order valence-electron chi connectivity index (χ2n) is 8.53. The molecule has 0 aliphatic rings. The summed E-state index contributed by atoms with van der Waals surface area (Å²) in [5.41, 5.74) is 2.88. The molecule has 10 heteroatoms. The minimum atomic E-state index is -0.183. The molecule has 0 atom stereocenters. The number of carbonyl (C=O) groups excluding carboxylic acids is 3. The molecule has 0 radical (unpaired) electrons. The average molecular weight is 637 g/mol. The molecule has 196 valence electrons. The molecule has 0 bridgehead atoms. The van der Waals surface area contributed by atoms with Crippen molar-refractivity contribution in [3.8, 4) is 0 Å². The lowest BCUT2D eigenvalue weighted by atomic mass is 10.1. The number of Topliss-reactive ketones (excluding diaryl/α,β-unsaturated/α-hetero) is 1. The summed E-state index contributed by atoms with van der Waals surface area (Å²) in [6, 6.07) is 26.6. The van der Waals surface area contributed by atoms with Crippen molar-refractivity contribution in [2.45, 2.75) is 4.34 Å². The van der Waals surface area contributed by atoms with E-state index in [9.17, 15) is 14.4 Å². The number of benzene rings is 4. The Kier molecular flexibility index (Phi) is 8.98. The Morgan fingerprint density at radius 3 is 2.18 bits per heavy atom. The number of thiazole rings is 1. The van der Waals surface area contributed by atoms with Crippen molar-refractivity contribution in [3.63, 3.8) is 0 Å². The summed E-state index contributed by atoms with van der Waals surface area (Å²) in [5, 5.41) is 7.94. The number of ketones is 1. The molecule has 39 heavy (non-hydrogen) atoms. The van der Waals surface area contributed by atoms with Gasteiger partial charge in [-0.25, -0.2) is 4.98 Å². The third-order valence-electron chi connectivity index (χ3n) is 5.65. The highest BCUT2D eigenvalue weighted by Gasteiger charge is 2.12. The predicted molar refractivity (Wildman–Crippen MR) is 167 cm³/mol. The first-order valence-electron chi connectivity index (χ1n) is 11.9. The Balaban J connectivity index is 1.08. The molecular formula is C29H22BrN3O3S3. The number of halogens is 1. The van der Waals surface area contributed by atoms with E-state index >= 15 is 0 Å². The molecule has 5 rings (SSSR count). The largest absolute Gasteiger partial charge is 0.325 e. The van der Waals surface area contributed by atoms with Gasteiger partial charge in [0.1, 0.15) is 0 Å². The van der Waals surface area contributed by atoms with Gasteiger partial charge in [0.15, 0.2) is 10.1 Å². The fourth-order valence-electron chi connectivity index (χ4n) is 3.79. The van der Waals surface area contributed by atoms with Crippen LogP contribution in [0.15, 0.2) is 93.7 Å². The minimum absolute atomic E-state index is 0.0446. The standard InChI is InChI=1S/C29H22BrN3O3S3/c30-21-8-5-19(6-9-21)25(34)15-38-29-33-24-12-11-23(14-26(24)39-29)32-28(36)17-37-16-27(35)31-22-10-7-18-3-1-2-4-20(18)13-22/h1-14H,15-17H2,(H,31,35)(H,32,36). The van der Waals surface area contributed by atoms with Gasteiger partial charge in [0.25, 0.3) is 0 Å². The number of amides is 2. The molecule has 1 aromatic heterocycles. The van der Waals surface area contributed by atoms with E-state index in [1.54, 1.807) is 18.2 Å². The van der Waals surface area contributed by atoms with E-state index in [4.69, 9.17) is 0 Å². The molecule has 5 aromatic rings. The van der Waals surface area contributed by atoms with Crippen molar-refractivity contribution < 1.29 is 14.4 Å². The van der Waals surface area contributed by atoms with Gasteiger partial charge in [-0.15, -0.1) is 23.1 Å². The quantitative estimate of drug-likeness (QED) is 0.122. The van der Waals surface area contributed by atoms with Gasteiger partial charge in [-0.3, -0.25) is 14.4 Å². The fourth-order valence-corrected chi connectivity index (χ4v) is 6.67. The van der Waals surface area contributed by atoms with Crippen LogP contribution in [0.4, 0.5) is 11.4 Å². The molecule has 0 aliphatic heterocycles. The van der Waals surface area contributed by atoms with Gasteiger partial charge in [0.05, 0.1) is 27.5 Å². The van der Waals surface area contributed by atoms with Crippen LogP contribution in [0.2, 0.25) is 0 Å². The lowest BCUT2D eigenvalue weighted by molar-refractivity contribution is -0.114. The van der Waals surface area contributed by atoms with E-state index in [0.29, 0.717) is 17.0 Å². The molecule has 6 nitrogen and oxygen atoms in total. The maximum atomic E-state index is 12.5. The Morgan fingerprint density at radius 2 is 1.44 bits per heavy atom. The van der Waals surface area contributed by atoms with Crippen molar-refractivity contribution in [2.24, 2.45) is 0 Å². The Bertz CT molecular complexity index is 1670. The SMILES string of the molecule is O=C(CSCC(=O)Nc1ccc2nc(SCC(=O)c3ccc(Br)cc3)sc2c1)Nc1ccc2ccccc2c1. The summed E-state index contributed by atoms with van der Waals surface area (Å²) < 4.78 is 2.66.